The number of fused-ring (bicyclic) bond motifs is 2. The highest BCUT2D eigenvalue weighted by Crippen LogP contribution is 2.47. The largest absolute Gasteiger partial charge is 0.355 e. The van der Waals surface area contributed by atoms with E-state index in [2.05, 4.69) is 42.6 Å². The van der Waals surface area contributed by atoms with E-state index in [1.807, 2.05) is 31.2 Å². The van der Waals surface area contributed by atoms with Gasteiger partial charge in [-0.05, 0) is 96.0 Å². The lowest BCUT2D eigenvalue weighted by molar-refractivity contribution is -0.130. The summed E-state index contributed by atoms with van der Waals surface area (Å²) in [6.45, 7) is 2.69. The monoisotopic (exact) mass is 569 g/mol. The molecule has 42 heavy (non-hydrogen) atoms. The molecule has 2 atom stereocenters. The van der Waals surface area contributed by atoms with E-state index in [1.165, 1.54) is 0 Å². The zero-order chi connectivity index (χ0) is 29.9. The van der Waals surface area contributed by atoms with Gasteiger partial charge in [0.25, 0.3) is 11.8 Å². The van der Waals surface area contributed by atoms with Crippen molar-refractivity contribution in [1.29, 1.82) is 5.26 Å². The minimum Gasteiger partial charge on any atom is -0.355 e. The highest BCUT2D eigenvalue weighted by atomic mass is 16.2. The van der Waals surface area contributed by atoms with E-state index >= 15 is 0 Å². The number of rotatable bonds is 8. The third-order valence-electron chi connectivity index (χ3n) is 8.46. The molecule has 0 unspecified atom stereocenters. The first kappa shape index (κ1) is 28.9. The van der Waals surface area contributed by atoms with Gasteiger partial charge < -0.3 is 20.9 Å². The van der Waals surface area contributed by atoms with Crippen molar-refractivity contribution >= 4 is 17.7 Å². The molecule has 0 bridgehead atoms. The van der Waals surface area contributed by atoms with Crippen LogP contribution in [0.5, 0.6) is 0 Å². The molecule has 1 saturated heterocycles. The smallest absolute Gasteiger partial charge is 0.251 e. The van der Waals surface area contributed by atoms with Crippen molar-refractivity contribution < 1.29 is 14.4 Å². The van der Waals surface area contributed by atoms with Gasteiger partial charge in [-0.2, -0.15) is 5.26 Å². The van der Waals surface area contributed by atoms with Gasteiger partial charge >= 0.3 is 0 Å². The molecule has 5 rings (SSSR count). The molecule has 0 radical (unpaired) electrons. The van der Waals surface area contributed by atoms with Crippen LogP contribution in [-0.4, -0.2) is 82.5 Å². The fraction of sp³-hybridized carbons (Fsp3) is 0.433. The van der Waals surface area contributed by atoms with Gasteiger partial charge in [-0.1, -0.05) is 12.1 Å². The number of nitrogens with zero attached hydrogens (tertiary/aromatic N) is 5. The number of nitrogens with one attached hydrogen (secondary N) is 4. The normalized spacial score (nSPS) is 17.8. The number of hydrogen-bond acceptors (Lipinski definition) is 8. The molecule has 1 aromatic heterocycles. The fourth-order valence-electron chi connectivity index (χ4n) is 6.42. The van der Waals surface area contributed by atoms with Crippen molar-refractivity contribution in [1.82, 2.24) is 41.5 Å². The zero-order valence-electron chi connectivity index (χ0n) is 24.0. The van der Waals surface area contributed by atoms with E-state index < -0.39 is 5.41 Å². The molecule has 3 amide bonds. The molecule has 4 N–H and O–H groups in total. The van der Waals surface area contributed by atoms with Crippen molar-refractivity contribution in [3.05, 3.63) is 75.6 Å². The fourth-order valence-corrected chi connectivity index (χ4v) is 6.42. The van der Waals surface area contributed by atoms with Gasteiger partial charge in [-0.15, -0.1) is 5.10 Å². The van der Waals surface area contributed by atoms with Crippen LogP contribution in [0.3, 0.4) is 0 Å². The summed E-state index contributed by atoms with van der Waals surface area (Å²) < 4.78 is 0. The number of carbonyl (C=O) groups is 3. The topological polar surface area (TPSA) is 169 Å². The van der Waals surface area contributed by atoms with E-state index in [1.54, 1.807) is 31.1 Å². The van der Waals surface area contributed by atoms with E-state index in [9.17, 15) is 19.6 Å². The van der Waals surface area contributed by atoms with Gasteiger partial charge in [0, 0.05) is 37.8 Å². The van der Waals surface area contributed by atoms with Gasteiger partial charge in [0.05, 0.1) is 18.0 Å². The number of hydrogen-bond donors (Lipinski definition) is 4. The summed E-state index contributed by atoms with van der Waals surface area (Å²) >= 11 is 0. The second-order valence-corrected chi connectivity index (χ2v) is 10.9. The first-order valence-electron chi connectivity index (χ1n) is 14.2. The molecular formula is C30H35N9O3. The molecule has 0 spiro atoms. The van der Waals surface area contributed by atoms with Gasteiger partial charge in [0.15, 0.2) is 5.82 Å². The zero-order valence-corrected chi connectivity index (χ0v) is 24.0. The molecule has 2 aromatic carbocycles. The highest BCUT2D eigenvalue weighted by Gasteiger charge is 2.45. The third-order valence-corrected chi connectivity index (χ3v) is 8.46. The Morgan fingerprint density at radius 2 is 1.69 bits per heavy atom. The Balaban J connectivity index is 1.59. The number of benzene rings is 2. The number of nitriles is 1. The number of amides is 3. The maximum atomic E-state index is 13.0. The second kappa shape index (κ2) is 12.1. The number of aryl methyl sites for hydroxylation is 2. The summed E-state index contributed by atoms with van der Waals surface area (Å²) in [5.74, 6) is 0.0591. The van der Waals surface area contributed by atoms with Crippen molar-refractivity contribution in [2.45, 2.75) is 56.5 Å². The van der Waals surface area contributed by atoms with Crippen LogP contribution in [0.4, 0.5) is 0 Å². The van der Waals surface area contributed by atoms with E-state index in [0.29, 0.717) is 49.2 Å². The maximum Gasteiger partial charge on any atom is 0.251 e. The average molecular weight is 570 g/mol. The Morgan fingerprint density at radius 1 is 1.07 bits per heavy atom. The van der Waals surface area contributed by atoms with Crippen LogP contribution in [0.1, 0.15) is 75.0 Å². The third kappa shape index (κ3) is 5.23. The number of aromatic amines is 1. The van der Waals surface area contributed by atoms with Crippen LogP contribution in [0.15, 0.2) is 36.4 Å². The number of H-pyrrole nitrogens is 1. The second-order valence-electron chi connectivity index (χ2n) is 10.9. The number of tetrazole rings is 1. The maximum absolute atomic E-state index is 13.0. The number of aromatic nitrogens is 4. The van der Waals surface area contributed by atoms with Gasteiger partial charge in [-0.3, -0.25) is 14.4 Å². The molecule has 3 aromatic rings. The molecule has 1 aliphatic heterocycles. The minimum absolute atomic E-state index is 0.0923. The quantitative estimate of drug-likeness (QED) is 0.314. The van der Waals surface area contributed by atoms with Crippen LogP contribution in [0.2, 0.25) is 0 Å². The molecule has 12 nitrogen and oxygen atoms in total. The number of likely N-dealkylation sites (tertiary alicyclic amines) is 1. The van der Waals surface area contributed by atoms with Crippen LogP contribution in [0.25, 0.3) is 0 Å². The van der Waals surface area contributed by atoms with Crippen LogP contribution >= 0.6 is 0 Å². The Labute approximate surface area is 244 Å². The SMILES string of the molecule is CNC(=O)c1ccc2c(c1)CCc1cc(C(=O)NC)ccc1C2(C[C@@H](C)NCC(=O)N1CCC[C@H]1C#N)c1nnn[nH]1. The van der Waals surface area contributed by atoms with Crippen molar-refractivity contribution in [3.63, 3.8) is 0 Å². The molecule has 12 heteroatoms. The average Bonchev–Trinajstić information content (AvgIpc) is 3.71. The Hall–Kier alpha value is -4.63. The Bertz CT molecular complexity index is 1460. The standard InChI is InChI=1S/C30H35N9O3/c1-18(34-17-26(40)39-12-4-5-23(39)16-31)15-30(29-35-37-38-36-29)24-10-8-21(27(41)32-2)13-19(24)6-7-20-14-22(28(42)33-3)9-11-25(20)30/h8-11,13-14,18,23,34H,4-7,12,15,17H2,1-3H3,(H,32,41)(H,33,42)(H,35,36,37,38)/t18-,23+/m1/s1. The number of carbonyl (C=O) groups excluding carboxylic acids is 3. The van der Waals surface area contributed by atoms with E-state index in [-0.39, 0.29) is 36.3 Å². The molecule has 1 aliphatic carbocycles. The Kier molecular flexibility index (Phi) is 8.31. The molecule has 218 valence electrons. The Morgan fingerprint density at radius 3 is 2.21 bits per heavy atom. The molecule has 2 aliphatic rings. The lowest BCUT2D eigenvalue weighted by Gasteiger charge is -2.37. The summed E-state index contributed by atoms with van der Waals surface area (Å²) in [5, 5.41) is 33.5. The molecule has 2 heterocycles. The van der Waals surface area contributed by atoms with E-state index in [4.69, 9.17) is 0 Å². The predicted molar refractivity (Wildman–Crippen MR) is 154 cm³/mol. The summed E-state index contributed by atoms with van der Waals surface area (Å²) in [4.78, 5) is 39.8. The summed E-state index contributed by atoms with van der Waals surface area (Å²) in [7, 11) is 3.20. The first-order chi connectivity index (χ1) is 20.3. The van der Waals surface area contributed by atoms with E-state index in [0.717, 1.165) is 28.7 Å². The predicted octanol–water partition coefficient (Wildman–Crippen LogP) is 1.23. The van der Waals surface area contributed by atoms with Crippen molar-refractivity contribution in [3.8, 4) is 6.07 Å². The van der Waals surface area contributed by atoms with Gasteiger partial charge in [0.2, 0.25) is 5.91 Å². The molecule has 0 saturated carbocycles. The van der Waals surface area contributed by atoms with Crippen LogP contribution in [0, 0.1) is 11.3 Å². The molecule has 1 fully saturated rings. The lowest BCUT2D eigenvalue weighted by atomic mass is 9.67. The minimum atomic E-state index is -0.884. The van der Waals surface area contributed by atoms with Crippen molar-refractivity contribution in [2.24, 2.45) is 0 Å². The van der Waals surface area contributed by atoms with Gasteiger partial charge in [-0.25, -0.2) is 5.10 Å². The summed E-state index contributed by atoms with van der Waals surface area (Å²) in [6, 6.07) is 13.0. The van der Waals surface area contributed by atoms with Crippen LogP contribution in [-0.2, 0) is 23.1 Å². The van der Waals surface area contributed by atoms with Gasteiger partial charge in [0.1, 0.15) is 6.04 Å². The summed E-state index contributed by atoms with van der Waals surface area (Å²) in [5.41, 5.74) is 4.06. The van der Waals surface area contributed by atoms with Crippen molar-refractivity contribution in [2.75, 3.05) is 27.2 Å². The molecular weight excluding hydrogens is 534 g/mol. The highest BCUT2D eigenvalue weighted by molar-refractivity contribution is 5.95. The van der Waals surface area contributed by atoms with Crippen LogP contribution < -0.4 is 16.0 Å². The lowest BCUT2D eigenvalue weighted by Crippen LogP contribution is -2.45. The first-order valence-corrected chi connectivity index (χ1v) is 14.2. The summed E-state index contributed by atoms with van der Waals surface area (Å²) in [6.07, 6.45) is 3.27.